The van der Waals surface area contributed by atoms with E-state index in [4.69, 9.17) is 21.1 Å². The predicted molar refractivity (Wildman–Crippen MR) is 109 cm³/mol. The Bertz CT molecular complexity index is 826. The number of hydrogen-bond donors (Lipinski definition) is 4. The van der Waals surface area contributed by atoms with Gasteiger partial charge in [-0.25, -0.2) is 0 Å². The maximum Gasteiger partial charge on any atom is 0.139 e. The van der Waals surface area contributed by atoms with Crippen LogP contribution in [0.15, 0.2) is 55.1 Å². The van der Waals surface area contributed by atoms with Gasteiger partial charge in [-0.3, -0.25) is 0 Å². The molecule has 1 heterocycles. The molecule has 0 amide bonds. The molecule has 29 heavy (non-hydrogen) atoms. The van der Waals surface area contributed by atoms with Gasteiger partial charge in [-0.2, -0.15) is 0 Å². The first-order chi connectivity index (χ1) is 14.0. The highest BCUT2D eigenvalue weighted by Gasteiger charge is 2.44. The van der Waals surface area contributed by atoms with E-state index >= 15 is 0 Å². The second-order valence-corrected chi connectivity index (χ2v) is 7.38. The molecule has 0 aromatic heterocycles. The number of halogens is 1. The molecule has 0 saturated carbocycles. The van der Waals surface area contributed by atoms with Crippen LogP contribution in [0.25, 0.3) is 0 Å². The van der Waals surface area contributed by atoms with Gasteiger partial charge >= 0.3 is 0 Å². The maximum absolute atomic E-state index is 10.5. The zero-order valence-corrected chi connectivity index (χ0v) is 16.6. The van der Waals surface area contributed by atoms with Gasteiger partial charge in [0.2, 0.25) is 0 Å². The third kappa shape index (κ3) is 4.80. The number of aliphatic hydroxyl groups excluding tert-OH is 4. The van der Waals surface area contributed by atoms with E-state index in [9.17, 15) is 20.4 Å². The number of aliphatic hydroxyl groups is 4. The molecule has 3 rings (SSSR count). The Labute approximate surface area is 174 Å². The standard InChI is InChI=1S/C22H25ClO6/c1-2-8-28-16-11-15(22-21(27)20(26)19(25)17(12-24)29-22)10-14(18(16)23)9-13-6-4-3-5-7-13/h2-7,10-11,17,19-22,24-27H,1,8-9,12H2/t17-,19-,20+,21-,22?/m1/s1. The minimum absolute atomic E-state index is 0.239. The first kappa shape index (κ1) is 21.8. The predicted octanol–water partition coefficient (Wildman–Crippen LogP) is 2.01. The second-order valence-electron chi connectivity index (χ2n) is 7.00. The highest BCUT2D eigenvalue weighted by Crippen LogP contribution is 2.38. The normalized spacial score (nSPS) is 26.9. The van der Waals surface area contributed by atoms with Gasteiger partial charge in [0.25, 0.3) is 0 Å². The Balaban J connectivity index is 2.00. The Kier molecular flexibility index (Phi) is 7.29. The van der Waals surface area contributed by atoms with E-state index in [2.05, 4.69) is 6.58 Å². The van der Waals surface area contributed by atoms with Gasteiger partial charge in [-0.05, 0) is 29.2 Å². The van der Waals surface area contributed by atoms with E-state index in [0.29, 0.717) is 22.8 Å². The van der Waals surface area contributed by atoms with Crippen molar-refractivity contribution in [2.75, 3.05) is 13.2 Å². The lowest BCUT2D eigenvalue weighted by atomic mass is 9.90. The van der Waals surface area contributed by atoms with Crippen molar-refractivity contribution in [1.29, 1.82) is 0 Å². The SMILES string of the molecule is C=CCOc1cc(C2O[C@H](CO)[C@@H](O)[C@H](O)[C@H]2O)cc(Cc2ccccc2)c1Cl. The summed E-state index contributed by atoms with van der Waals surface area (Å²) in [7, 11) is 0. The molecule has 0 radical (unpaired) electrons. The molecule has 0 spiro atoms. The Morgan fingerprint density at radius 3 is 2.45 bits per heavy atom. The smallest absolute Gasteiger partial charge is 0.139 e. The molecule has 1 saturated heterocycles. The van der Waals surface area contributed by atoms with Gasteiger partial charge < -0.3 is 29.9 Å². The van der Waals surface area contributed by atoms with Crippen LogP contribution in [0.4, 0.5) is 0 Å². The molecule has 5 atom stereocenters. The molecule has 6 nitrogen and oxygen atoms in total. The molecule has 0 aliphatic carbocycles. The summed E-state index contributed by atoms with van der Waals surface area (Å²) in [5.41, 5.74) is 2.32. The fourth-order valence-corrected chi connectivity index (χ4v) is 3.65. The van der Waals surface area contributed by atoms with Gasteiger partial charge in [-0.15, -0.1) is 0 Å². The molecule has 1 unspecified atom stereocenters. The monoisotopic (exact) mass is 420 g/mol. The lowest BCUT2D eigenvalue weighted by molar-refractivity contribution is -0.231. The molecule has 156 valence electrons. The van der Waals surface area contributed by atoms with Crippen molar-refractivity contribution in [3.05, 3.63) is 76.8 Å². The summed E-state index contributed by atoms with van der Waals surface area (Å²) in [5, 5.41) is 40.6. The largest absolute Gasteiger partial charge is 0.488 e. The van der Waals surface area contributed by atoms with Crippen LogP contribution in [-0.2, 0) is 11.2 Å². The molecule has 4 N–H and O–H groups in total. The van der Waals surface area contributed by atoms with Crippen LogP contribution in [0.2, 0.25) is 5.02 Å². The Hall–Kier alpha value is -1.93. The lowest BCUT2D eigenvalue weighted by Gasteiger charge is -2.40. The van der Waals surface area contributed by atoms with Crippen LogP contribution < -0.4 is 4.74 Å². The van der Waals surface area contributed by atoms with E-state index in [1.807, 2.05) is 30.3 Å². The van der Waals surface area contributed by atoms with E-state index in [1.54, 1.807) is 18.2 Å². The van der Waals surface area contributed by atoms with Crippen LogP contribution in [0, 0.1) is 0 Å². The minimum atomic E-state index is -1.46. The number of hydrogen-bond acceptors (Lipinski definition) is 6. The number of ether oxygens (including phenoxy) is 2. The quantitative estimate of drug-likeness (QED) is 0.511. The Morgan fingerprint density at radius 1 is 1.07 bits per heavy atom. The van der Waals surface area contributed by atoms with E-state index in [1.165, 1.54) is 0 Å². The lowest BCUT2D eigenvalue weighted by Crippen LogP contribution is -2.55. The van der Waals surface area contributed by atoms with Crippen molar-refractivity contribution in [2.45, 2.75) is 36.9 Å². The summed E-state index contributed by atoms with van der Waals surface area (Å²) >= 11 is 6.56. The first-order valence-electron chi connectivity index (χ1n) is 9.36. The second kappa shape index (κ2) is 9.71. The molecule has 7 heteroatoms. The minimum Gasteiger partial charge on any atom is -0.488 e. The van der Waals surface area contributed by atoms with Gasteiger partial charge in [0.05, 0.1) is 11.6 Å². The highest BCUT2D eigenvalue weighted by molar-refractivity contribution is 6.32. The van der Waals surface area contributed by atoms with E-state index in [0.717, 1.165) is 11.1 Å². The maximum atomic E-state index is 10.5. The van der Waals surface area contributed by atoms with Crippen LogP contribution in [0.3, 0.4) is 0 Å². The Morgan fingerprint density at radius 2 is 1.79 bits per heavy atom. The van der Waals surface area contributed by atoms with Crippen molar-refractivity contribution < 1.29 is 29.9 Å². The molecule has 1 aliphatic heterocycles. The third-order valence-electron chi connectivity index (χ3n) is 4.95. The van der Waals surface area contributed by atoms with Crippen molar-refractivity contribution in [3.8, 4) is 5.75 Å². The molecular weight excluding hydrogens is 396 g/mol. The molecular formula is C22H25ClO6. The van der Waals surface area contributed by atoms with Crippen molar-refractivity contribution in [3.63, 3.8) is 0 Å². The van der Waals surface area contributed by atoms with Crippen LogP contribution in [0.5, 0.6) is 5.75 Å². The molecule has 1 aliphatic rings. The van der Waals surface area contributed by atoms with Crippen molar-refractivity contribution >= 4 is 11.6 Å². The zero-order valence-electron chi connectivity index (χ0n) is 15.8. The number of rotatable bonds is 7. The number of benzene rings is 2. The fraction of sp³-hybridized carbons (Fsp3) is 0.364. The molecule has 2 aromatic rings. The van der Waals surface area contributed by atoms with Crippen LogP contribution in [-0.4, -0.2) is 58.1 Å². The molecule has 1 fully saturated rings. The summed E-state index contributed by atoms with van der Waals surface area (Å²) in [5.74, 6) is 0.395. The fourth-order valence-electron chi connectivity index (χ4n) is 3.42. The van der Waals surface area contributed by atoms with Crippen LogP contribution in [0.1, 0.15) is 22.8 Å². The van der Waals surface area contributed by atoms with E-state index < -0.39 is 37.1 Å². The summed E-state index contributed by atoms with van der Waals surface area (Å²) in [6, 6.07) is 13.1. The molecule has 2 aromatic carbocycles. The third-order valence-corrected chi connectivity index (χ3v) is 5.38. The summed E-state index contributed by atoms with van der Waals surface area (Å²) in [6.07, 6.45) is -4.11. The molecule has 0 bridgehead atoms. The average Bonchev–Trinajstić information content (AvgIpc) is 2.73. The van der Waals surface area contributed by atoms with Crippen LogP contribution >= 0.6 is 11.6 Å². The van der Waals surface area contributed by atoms with Gasteiger partial charge in [-0.1, -0.05) is 60.7 Å². The van der Waals surface area contributed by atoms with Gasteiger partial charge in [0.15, 0.2) is 0 Å². The average molecular weight is 421 g/mol. The van der Waals surface area contributed by atoms with Gasteiger partial charge in [0.1, 0.15) is 42.9 Å². The highest BCUT2D eigenvalue weighted by atomic mass is 35.5. The summed E-state index contributed by atoms with van der Waals surface area (Å²) < 4.78 is 11.4. The topological polar surface area (TPSA) is 99.4 Å². The van der Waals surface area contributed by atoms with Gasteiger partial charge in [0, 0.05) is 0 Å². The van der Waals surface area contributed by atoms with Crippen molar-refractivity contribution in [2.24, 2.45) is 0 Å². The summed E-state index contributed by atoms with van der Waals surface area (Å²) in [6.45, 7) is 3.38. The van der Waals surface area contributed by atoms with Crippen molar-refractivity contribution in [1.82, 2.24) is 0 Å². The van der Waals surface area contributed by atoms with E-state index in [-0.39, 0.29) is 6.61 Å². The summed E-state index contributed by atoms with van der Waals surface area (Å²) in [4.78, 5) is 0. The zero-order chi connectivity index (χ0) is 21.0. The first-order valence-corrected chi connectivity index (χ1v) is 9.74.